The molecule has 0 aliphatic heterocycles. The summed E-state index contributed by atoms with van der Waals surface area (Å²) in [6.07, 6.45) is 4.17. The zero-order valence-corrected chi connectivity index (χ0v) is 10.4. The summed E-state index contributed by atoms with van der Waals surface area (Å²) in [6, 6.07) is 0.0955. The summed E-state index contributed by atoms with van der Waals surface area (Å²) in [5, 5.41) is 0. The quantitative estimate of drug-likeness (QED) is 0.761. The predicted molar refractivity (Wildman–Crippen MR) is 62.1 cm³/mol. The Kier molecular flexibility index (Phi) is 4.14. The minimum Gasteiger partial charge on any atom is -0.325 e. The first-order valence-electron chi connectivity index (χ1n) is 5.63. The molecule has 0 bridgehead atoms. The van der Waals surface area contributed by atoms with E-state index in [1.165, 1.54) is 0 Å². The van der Waals surface area contributed by atoms with E-state index in [-0.39, 0.29) is 17.3 Å². The van der Waals surface area contributed by atoms with Gasteiger partial charge in [0.15, 0.2) is 0 Å². The molecule has 0 unspecified atom stereocenters. The van der Waals surface area contributed by atoms with Crippen LogP contribution in [0.3, 0.4) is 0 Å². The van der Waals surface area contributed by atoms with Crippen LogP contribution >= 0.6 is 0 Å². The van der Waals surface area contributed by atoms with Crippen molar-refractivity contribution in [2.45, 2.75) is 57.5 Å². The largest absolute Gasteiger partial charge is 0.325 e. The Labute approximate surface area is 92.7 Å². The van der Waals surface area contributed by atoms with Crippen LogP contribution in [-0.2, 0) is 10.0 Å². The third kappa shape index (κ3) is 4.49. The van der Waals surface area contributed by atoms with Crippen LogP contribution in [0.25, 0.3) is 0 Å². The molecule has 90 valence electrons. The van der Waals surface area contributed by atoms with Crippen molar-refractivity contribution in [3.63, 3.8) is 0 Å². The van der Waals surface area contributed by atoms with E-state index in [4.69, 9.17) is 5.73 Å². The minimum absolute atomic E-state index is 0.0955. The van der Waals surface area contributed by atoms with Crippen molar-refractivity contribution in [2.24, 2.45) is 5.73 Å². The van der Waals surface area contributed by atoms with Crippen LogP contribution in [0.2, 0.25) is 0 Å². The molecule has 0 atom stereocenters. The first-order chi connectivity index (χ1) is 6.85. The summed E-state index contributed by atoms with van der Waals surface area (Å²) < 4.78 is 25.8. The molecule has 1 saturated carbocycles. The Morgan fingerprint density at radius 3 is 2.40 bits per heavy atom. The van der Waals surface area contributed by atoms with Crippen molar-refractivity contribution in [1.82, 2.24) is 4.72 Å². The average molecular weight is 234 g/mol. The molecule has 0 saturated heterocycles. The van der Waals surface area contributed by atoms with Gasteiger partial charge in [0.2, 0.25) is 10.0 Å². The van der Waals surface area contributed by atoms with Gasteiger partial charge in [-0.25, -0.2) is 13.1 Å². The van der Waals surface area contributed by atoms with Gasteiger partial charge in [-0.2, -0.15) is 0 Å². The van der Waals surface area contributed by atoms with Crippen molar-refractivity contribution in [3.8, 4) is 0 Å². The number of nitrogens with one attached hydrogen (secondary N) is 1. The fourth-order valence-corrected chi connectivity index (χ4v) is 3.38. The third-order valence-electron chi connectivity index (χ3n) is 2.95. The lowest BCUT2D eigenvalue weighted by Gasteiger charge is -2.34. The third-order valence-corrected chi connectivity index (χ3v) is 4.59. The maximum absolute atomic E-state index is 11.5. The molecular formula is C10H22N2O2S. The molecule has 0 heterocycles. The highest BCUT2D eigenvalue weighted by Gasteiger charge is 2.29. The Morgan fingerprint density at radius 2 is 1.93 bits per heavy atom. The molecule has 1 aliphatic carbocycles. The van der Waals surface area contributed by atoms with E-state index in [0.29, 0.717) is 6.42 Å². The van der Waals surface area contributed by atoms with E-state index in [1.807, 2.05) is 13.8 Å². The highest BCUT2D eigenvalue weighted by molar-refractivity contribution is 7.89. The van der Waals surface area contributed by atoms with E-state index in [9.17, 15) is 8.42 Å². The van der Waals surface area contributed by atoms with Crippen molar-refractivity contribution in [2.75, 3.05) is 5.75 Å². The standard InChI is InChI=1S/C10H22N2O2S/c1-3-8-15(13,14)12-9-4-6-10(2,11)7-5-9/h9,12H,3-8,11H2,1-2H3. The van der Waals surface area contributed by atoms with Crippen molar-refractivity contribution >= 4 is 10.0 Å². The number of hydrogen-bond acceptors (Lipinski definition) is 3. The van der Waals surface area contributed by atoms with Crippen molar-refractivity contribution in [3.05, 3.63) is 0 Å². The summed E-state index contributed by atoms with van der Waals surface area (Å²) in [5.41, 5.74) is 5.88. The molecule has 5 heteroatoms. The van der Waals surface area contributed by atoms with Gasteiger partial charge in [-0.1, -0.05) is 6.92 Å². The van der Waals surface area contributed by atoms with Gasteiger partial charge in [0, 0.05) is 11.6 Å². The Bertz CT molecular complexity index is 289. The Hall–Kier alpha value is -0.130. The Balaban J connectivity index is 2.42. The highest BCUT2D eigenvalue weighted by Crippen LogP contribution is 2.25. The molecule has 15 heavy (non-hydrogen) atoms. The maximum atomic E-state index is 11.5. The van der Waals surface area contributed by atoms with Gasteiger partial charge in [-0.15, -0.1) is 0 Å². The smallest absolute Gasteiger partial charge is 0.211 e. The summed E-state index contributed by atoms with van der Waals surface area (Å²) in [4.78, 5) is 0. The van der Waals surface area contributed by atoms with Crippen molar-refractivity contribution < 1.29 is 8.42 Å². The van der Waals surface area contributed by atoms with Crippen LogP contribution in [0.4, 0.5) is 0 Å². The van der Waals surface area contributed by atoms with Gasteiger partial charge >= 0.3 is 0 Å². The zero-order valence-electron chi connectivity index (χ0n) is 9.62. The van der Waals surface area contributed by atoms with Gasteiger partial charge in [-0.3, -0.25) is 0 Å². The topological polar surface area (TPSA) is 72.2 Å². The van der Waals surface area contributed by atoms with Gasteiger partial charge in [0.25, 0.3) is 0 Å². The van der Waals surface area contributed by atoms with Crippen LogP contribution in [-0.4, -0.2) is 25.8 Å². The van der Waals surface area contributed by atoms with Gasteiger partial charge in [-0.05, 0) is 39.0 Å². The number of sulfonamides is 1. The first kappa shape index (κ1) is 12.9. The molecule has 0 spiro atoms. The van der Waals surface area contributed by atoms with E-state index >= 15 is 0 Å². The minimum atomic E-state index is -3.06. The van der Waals surface area contributed by atoms with Crippen LogP contribution < -0.4 is 10.5 Å². The lowest BCUT2D eigenvalue weighted by Crippen LogP contribution is -2.46. The lowest BCUT2D eigenvalue weighted by molar-refractivity contribution is 0.285. The van der Waals surface area contributed by atoms with Crippen LogP contribution in [0.5, 0.6) is 0 Å². The summed E-state index contributed by atoms with van der Waals surface area (Å²) in [5.74, 6) is 0.226. The normalized spacial score (nSPS) is 32.9. The molecule has 4 nitrogen and oxygen atoms in total. The first-order valence-corrected chi connectivity index (χ1v) is 7.29. The molecule has 1 rings (SSSR count). The molecule has 3 N–H and O–H groups in total. The molecule has 1 fully saturated rings. The van der Waals surface area contributed by atoms with E-state index in [2.05, 4.69) is 4.72 Å². The molecule has 0 aromatic carbocycles. The van der Waals surface area contributed by atoms with E-state index in [0.717, 1.165) is 25.7 Å². The zero-order chi connectivity index (χ0) is 11.5. The maximum Gasteiger partial charge on any atom is 0.211 e. The average Bonchev–Trinajstić information content (AvgIpc) is 2.08. The fourth-order valence-electron chi connectivity index (χ4n) is 1.98. The molecule has 0 amide bonds. The summed E-state index contributed by atoms with van der Waals surface area (Å²) in [6.45, 7) is 3.90. The molecular weight excluding hydrogens is 212 g/mol. The lowest BCUT2D eigenvalue weighted by atomic mass is 9.82. The van der Waals surface area contributed by atoms with E-state index in [1.54, 1.807) is 0 Å². The van der Waals surface area contributed by atoms with E-state index < -0.39 is 10.0 Å². The second kappa shape index (κ2) is 4.80. The molecule has 0 radical (unpaired) electrons. The second-order valence-electron chi connectivity index (χ2n) is 4.87. The highest BCUT2D eigenvalue weighted by atomic mass is 32.2. The number of hydrogen-bond donors (Lipinski definition) is 2. The van der Waals surface area contributed by atoms with Crippen molar-refractivity contribution in [1.29, 1.82) is 0 Å². The fraction of sp³-hybridized carbons (Fsp3) is 1.00. The van der Waals surface area contributed by atoms with Crippen LogP contribution in [0.1, 0.15) is 46.0 Å². The number of nitrogens with two attached hydrogens (primary N) is 1. The second-order valence-corrected chi connectivity index (χ2v) is 6.74. The number of rotatable bonds is 4. The van der Waals surface area contributed by atoms with Crippen LogP contribution in [0.15, 0.2) is 0 Å². The van der Waals surface area contributed by atoms with Crippen LogP contribution in [0, 0.1) is 0 Å². The SMILES string of the molecule is CCCS(=O)(=O)NC1CCC(C)(N)CC1. The van der Waals surface area contributed by atoms with Gasteiger partial charge in [0.1, 0.15) is 0 Å². The molecule has 0 aromatic heterocycles. The monoisotopic (exact) mass is 234 g/mol. The summed E-state index contributed by atoms with van der Waals surface area (Å²) >= 11 is 0. The molecule has 1 aliphatic rings. The Morgan fingerprint density at radius 1 is 1.40 bits per heavy atom. The van der Waals surface area contributed by atoms with Gasteiger partial charge in [0.05, 0.1) is 5.75 Å². The predicted octanol–water partition coefficient (Wildman–Crippen LogP) is 0.976. The van der Waals surface area contributed by atoms with Gasteiger partial charge < -0.3 is 5.73 Å². The molecule has 0 aromatic rings. The summed E-state index contributed by atoms with van der Waals surface area (Å²) in [7, 11) is -3.06.